The van der Waals surface area contributed by atoms with Crippen molar-refractivity contribution in [2.45, 2.75) is 38.7 Å². The highest BCUT2D eigenvalue weighted by atomic mass is 16.5. The van der Waals surface area contributed by atoms with Crippen molar-refractivity contribution in [1.82, 2.24) is 0 Å². The van der Waals surface area contributed by atoms with E-state index in [9.17, 15) is 5.11 Å². The summed E-state index contributed by atoms with van der Waals surface area (Å²) in [5, 5.41) is 10.4. The molecule has 1 unspecified atom stereocenters. The molecule has 4 heteroatoms. The smallest absolute Gasteiger partial charge is 0.160 e. The number of methoxy groups -OCH3 is 2. The molecular formula is C21H28O4. The zero-order valence-corrected chi connectivity index (χ0v) is 14.4. The summed E-state index contributed by atoms with van der Waals surface area (Å²) >= 11 is 0. The number of hydrogen-bond acceptors (Lipinski definition) is 4. The van der Waals surface area contributed by atoms with Crippen LogP contribution in [-0.4, -0.2) is 32.0 Å². The van der Waals surface area contributed by atoms with E-state index in [-0.39, 0.29) is 42.4 Å². The maximum absolute atomic E-state index is 10.4. The molecule has 0 saturated heterocycles. The van der Waals surface area contributed by atoms with Crippen LogP contribution in [0.2, 0.25) is 0 Å². The zero-order valence-electron chi connectivity index (χ0n) is 25.4. The maximum Gasteiger partial charge on any atom is 0.160 e. The van der Waals surface area contributed by atoms with Crippen LogP contribution in [-0.2, 0) is 6.37 Å². The summed E-state index contributed by atoms with van der Waals surface area (Å²) in [6.45, 7) is -1.44. The van der Waals surface area contributed by atoms with Crippen molar-refractivity contribution in [2.75, 3.05) is 20.8 Å². The van der Waals surface area contributed by atoms with Gasteiger partial charge in [0.05, 0.1) is 32.7 Å². The first-order valence-corrected chi connectivity index (χ1v) is 7.69. The molecule has 0 saturated carbocycles. The molecule has 25 heavy (non-hydrogen) atoms. The molecule has 1 N–H and O–H groups in total. The lowest BCUT2D eigenvalue weighted by atomic mass is 10.0. The molecule has 2 aromatic carbocycles. The SMILES string of the molecule is [2H]c1c([2H])c(C)c([2H])c(OC([2H])([2H])C(O)CCCC([2H])([2H])c2c([2H])c([2H])c(OC)c(OC)c2[2H])c1[2H]. The van der Waals surface area contributed by atoms with Gasteiger partial charge >= 0.3 is 0 Å². The minimum atomic E-state index is -2.81. The molecular weight excluding hydrogens is 316 g/mol. The van der Waals surface area contributed by atoms with Crippen molar-refractivity contribution in [3.8, 4) is 17.2 Å². The predicted octanol–water partition coefficient (Wildman–Crippen LogP) is 4.16. The number of aliphatic hydroxyl groups is 1. The molecule has 0 aliphatic rings. The number of rotatable bonds is 10. The fourth-order valence-corrected chi connectivity index (χ4v) is 1.91. The molecule has 0 heterocycles. The summed E-state index contributed by atoms with van der Waals surface area (Å²) < 4.78 is 104. The topological polar surface area (TPSA) is 47.9 Å². The molecule has 0 aliphatic carbocycles. The fraction of sp³-hybridized carbons (Fsp3) is 0.429. The largest absolute Gasteiger partial charge is 0.493 e. The highest BCUT2D eigenvalue weighted by Crippen LogP contribution is 2.28. The Morgan fingerprint density at radius 1 is 1.08 bits per heavy atom. The van der Waals surface area contributed by atoms with Gasteiger partial charge in [-0.25, -0.2) is 0 Å². The predicted molar refractivity (Wildman–Crippen MR) is 99.8 cm³/mol. The van der Waals surface area contributed by atoms with E-state index >= 15 is 0 Å². The van der Waals surface area contributed by atoms with Crippen LogP contribution < -0.4 is 14.2 Å². The average molecular weight is 356 g/mol. The van der Waals surface area contributed by atoms with Crippen LogP contribution in [0.25, 0.3) is 0 Å². The monoisotopic (exact) mass is 355 g/mol. The number of aliphatic hydroxyl groups excluding tert-OH is 1. The Morgan fingerprint density at radius 3 is 2.64 bits per heavy atom. The van der Waals surface area contributed by atoms with Gasteiger partial charge in [-0.3, -0.25) is 0 Å². The normalized spacial score (nSPS) is 19.3. The minimum Gasteiger partial charge on any atom is -0.493 e. The summed E-state index contributed by atoms with van der Waals surface area (Å²) in [7, 11) is 2.46. The standard InChI is InChI=1S/C21H28O4/c1-16-7-6-10-19(13-16)25-15-18(22)9-5-4-8-17-11-12-20(23-2)21(14-17)24-3/h6-7,10-14,18,22H,4-5,8-9,15H2,1-3H3/i6D,7D,8D2,10D,11D,12D,13D,14D,15D2. The Balaban J connectivity index is 2.22. The van der Waals surface area contributed by atoms with Crippen molar-refractivity contribution in [3.05, 3.63) is 53.4 Å². The molecule has 4 nitrogen and oxygen atoms in total. The van der Waals surface area contributed by atoms with E-state index in [1.807, 2.05) is 0 Å². The van der Waals surface area contributed by atoms with Crippen LogP contribution in [0.1, 0.15) is 45.5 Å². The van der Waals surface area contributed by atoms with Crippen LogP contribution in [0.4, 0.5) is 0 Å². The Labute approximate surface area is 165 Å². The summed E-state index contributed by atoms with van der Waals surface area (Å²) in [5.74, 6) is -0.943. The maximum atomic E-state index is 10.4. The molecule has 0 spiro atoms. The van der Waals surface area contributed by atoms with E-state index in [2.05, 4.69) is 0 Å². The lowest BCUT2D eigenvalue weighted by molar-refractivity contribution is 0.0976. The van der Waals surface area contributed by atoms with E-state index in [1.165, 1.54) is 21.1 Å². The molecule has 0 fully saturated rings. The van der Waals surface area contributed by atoms with Crippen LogP contribution >= 0.6 is 0 Å². The van der Waals surface area contributed by atoms with Gasteiger partial charge in [0.15, 0.2) is 11.5 Å². The number of benzene rings is 2. The lowest BCUT2D eigenvalue weighted by Gasteiger charge is -2.13. The third-order valence-corrected chi connectivity index (χ3v) is 3.13. The third kappa shape index (κ3) is 6.31. The zero-order chi connectivity index (χ0) is 27.7. The first-order valence-electron chi connectivity index (χ1n) is 13.2. The van der Waals surface area contributed by atoms with Crippen LogP contribution in [0.3, 0.4) is 0 Å². The second-order valence-corrected chi connectivity index (χ2v) is 5.08. The summed E-state index contributed by atoms with van der Waals surface area (Å²) in [6.07, 6.45) is -4.91. The average Bonchev–Trinajstić information content (AvgIpc) is 2.81. The van der Waals surface area contributed by atoms with Gasteiger partial charge in [0.25, 0.3) is 0 Å². The molecule has 0 amide bonds. The van der Waals surface area contributed by atoms with E-state index < -0.39 is 66.6 Å². The Kier molecular flexibility index (Phi) is 3.56. The van der Waals surface area contributed by atoms with Crippen molar-refractivity contribution in [1.29, 1.82) is 0 Å². The molecule has 2 rings (SSSR count). The first-order chi connectivity index (χ1) is 16.5. The van der Waals surface area contributed by atoms with Gasteiger partial charge in [-0.1, -0.05) is 24.5 Å². The Bertz CT molecular complexity index is 1110. The van der Waals surface area contributed by atoms with Crippen molar-refractivity contribution >= 4 is 0 Å². The van der Waals surface area contributed by atoms with Gasteiger partial charge in [-0.2, -0.15) is 0 Å². The molecule has 0 bridgehead atoms. The molecule has 0 aromatic heterocycles. The highest BCUT2D eigenvalue weighted by molar-refractivity contribution is 5.42. The second kappa shape index (κ2) is 9.94. The van der Waals surface area contributed by atoms with E-state index in [4.69, 9.17) is 29.3 Å². The van der Waals surface area contributed by atoms with Crippen molar-refractivity contribution < 1.29 is 34.4 Å². The van der Waals surface area contributed by atoms with Gasteiger partial charge in [-0.05, 0) is 61.4 Å². The number of ether oxygens (including phenoxy) is 3. The molecule has 1 atom stereocenters. The molecule has 0 aliphatic heterocycles. The lowest BCUT2D eigenvalue weighted by Crippen LogP contribution is -2.17. The summed E-state index contributed by atoms with van der Waals surface area (Å²) in [6, 6.07) is -3.45. The van der Waals surface area contributed by atoms with Gasteiger partial charge in [-0.15, -0.1) is 0 Å². The third-order valence-electron chi connectivity index (χ3n) is 3.13. The van der Waals surface area contributed by atoms with Crippen LogP contribution in [0, 0.1) is 6.92 Å². The van der Waals surface area contributed by atoms with Crippen molar-refractivity contribution in [3.63, 3.8) is 0 Å². The van der Waals surface area contributed by atoms with Gasteiger partial charge < -0.3 is 19.3 Å². The van der Waals surface area contributed by atoms with E-state index in [0.29, 0.717) is 0 Å². The fourth-order valence-electron chi connectivity index (χ4n) is 1.91. The quantitative estimate of drug-likeness (QED) is 0.695. The summed E-state index contributed by atoms with van der Waals surface area (Å²) in [5.41, 5.74) is -0.379. The van der Waals surface area contributed by atoms with Gasteiger partial charge in [0, 0.05) is 2.74 Å². The van der Waals surface area contributed by atoms with Gasteiger partial charge in [0.1, 0.15) is 12.3 Å². The highest BCUT2D eigenvalue weighted by Gasteiger charge is 2.07. The Hall–Kier alpha value is -2.20. The number of hydrogen-bond donors (Lipinski definition) is 1. The minimum absolute atomic E-state index is 0.0190. The van der Waals surface area contributed by atoms with E-state index in [0.717, 1.165) is 0 Å². The Morgan fingerprint density at radius 2 is 1.88 bits per heavy atom. The van der Waals surface area contributed by atoms with Crippen molar-refractivity contribution in [2.24, 2.45) is 0 Å². The summed E-state index contributed by atoms with van der Waals surface area (Å²) in [4.78, 5) is 0. The van der Waals surface area contributed by atoms with Gasteiger partial charge in [0.2, 0.25) is 0 Å². The van der Waals surface area contributed by atoms with Crippen LogP contribution in [0.15, 0.2) is 42.3 Å². The second-order valence-electron chi connectivity index (χ2n) is 5.08. The molecule has 136 valence electrons. The van der Waals surface area contributed by atoms with Crippen LogP contribution in [0.5, 0.6) is 17.2 Å². The molecule has 2 aromatic rings. The van der Waals surface area contributed by atoms with E-state index in [1.54, 1.807) is 0 Å². The first kappa shape index (κ1) is 8.95. The molecule has 0 radical (unpaired) electrons.